The summed E-state index contributed by atoms with van der Waals surface area (Å²) in [5, 5.41) is 0. The fourth-order valence-corrected chi connectivity index (χ4v) is 1.61. The highest BCUT2D eigenvalue weighted by molar-refractivity contribution is 6.09. The Kier molecular flexibility index (Phi) is 3.14. The Morgan fingerprint density at radius 1 is 1.18 bits per heavy atom. The highest BCUT2D eigenvalue weighted by atomic mass is 16.5. The molecule has 0 fully saturated rings. The lowest BCUT2D eigenvalue weighted by Gasteiger charge is -2.08. The molecule has 0 unspecified atom stereocenters. The standard InChI is InChI=1S/C13H13NO3/c1-16-9-5-6-12(17-2)10(8-9)13(15)11-4-3-7-14-11/h3-8,14H,1-2H3. The summed E-state index contributed by atoms with van der Waals surface area (Å²) in [5.74, 6) is 1.04. The van der Waals surface area contributed by atoms with E-state index in [1.54, 1.807) is 43.6 Å². The molecule has 17 heavy (non-hydrogen) atoms. The van der Waals surface area contributed by atoms with Crippen molar-refractivity contribution in [1.29, 1.82) is 0 Å². The predicted molar refractivity (Wildman–Crippen MR) is 63.8 cm³/mol. The Bertz CT molecular complexity index is 517. The van der Waals surface area contributed by atoms with Crippen LogP contribution in [0.15, 0.2) is 36.5 Å². The van der Waals surface area contributed by atoms with E-state index in [1.807, 2.05) is 0 Å². The normalized spacial score (nSPS) is 10.0. The van der Waals surface area contributed by atoms with Crippen LogP contribution >= 0.6 is 0 Å². The zero-order valence-corrected chi connectivity index (χ0v) is 9.69. The molecule has 0 amide bonds. The van der Waals surface area contributed by atoms with Crippen LogP contribution in [0.25, 0.3) is 0 Å². The van der Waals surface area contributed by atoms with Crippen molar-refractivity contribution in [2.24, 2.45) is 0 Å². The maximum Gasteiger partial charge on any atom is 0.213 e. The number of aromatic amines is 1. The minimum atomic E-state index is -0.120. The molecule has 4 heteroatoms. The van der Waals surface area contributed by atoms with Crippen molar-refractivity contribution in [2.75, 3.05) is 14.2 Å². The summed E-state index contributed by atoms with van der Waals surface area (Å²) >= 11 is 0. The number of methoxy groups -OCH3 is 2. The maximum absolute atomic E-state index is 12.2. The quantitative estimate of drug-likeness (QED) is 0.821. The summed E-state index contributed by atoms with van der Waals surface area (Å²) in [4.78, 5) is 15.1. The van der Waals surface area contributed by atoms with Crippen LogP contribution in [0, 0.1) is 0 Å². The van der Waals surface area contributed by atoms with Gasteiger partial charge in [-0.2, -0.15) is 0 Å². The fourth-order valence-electron chi connectivity index (χ4n) is 1.61. The van der Waals surface area contributed by atoms with E-state index in [2.05, 4.69) is 4.98 Å². The smallest absolute Gasteiger partial charge is 0.213 e. The van der Waals surface area contributed by atoms with E-state index in [4.69, 9.17) is 9.47 Å². The van der Waals surface area contributed by atoms with Gasteiger partial charge in [-0.25, -0.2) is 0 Å². The summed E-state index contributed by atoms with van der Waals surface area (Å²) in [6.07, 6.45) is 1.71. The van der Waals surface area contributed by atoms with Gasteiger partial charge in [-0.1, -0.05) is 0 Å². The topological polar surface area (TPSA) is 51.3 Å². The monoisotopic (exact) mass is 231 g/mol. The van der Waals surface area contributed by atoms with Gasteiger partial charge in [0.05, 0.1) is 25.5 Å². The Balaban J connectivity index is 2.45. The molecule has 0 radical (unpaired) electrons. The highest BCUT2D eigenvalue weighted by Crippen LogP contribution is 2.25. The second kappa shape index (κ2) is 4.74. The van der Waals surface area contributed by atoms with Gasteiger partial charge in [-0.05, 0) is 30.3 Å². The molecule has 0 bridgehead atoms. The molecule has 0 saturated carbocycles. The van der Waals surface area contributed by atoms with Crippen LogP contribution in [0.1, 0.15) is 16.1 Å². The van der Waals surface area contributed by atoms with Gasteiger partial charge >= 0.3 is 0 Å². The SMILES string of the molecule is COc1ccc(OC)c(C(=O)c2ccc[nH]2)c1. The van der Waals surface area contributed by atoms with Gasteiger partial charge in [0.2, 0.25) is 5.78 Å². The van der Waals surface area contributed by atoms with Crippen molar-refractivity contribution in [3.8, 4) is 11.5 Å². The van der Waals surface area contributed by atoms with Gasteiger partial charge in [-0.3, -0.25) is 4.79 Å². The van der Waals surface area contributed by atoms with Crippen LogP contribution in [0.3, 0.4) is 0 Å². The first-order valence-corrected chi connectivity index (χ1v) is 5.16. The third kappa shape index (κ3) is 2.15. The number of ether oxygens (including phenoxy) is 2. The number of H-pyrrole nitrogens is 1. The van der Waals surface area contributed by atoms with Gasteiger partial charge in [0.15, 0.2) is 0 Å². The lowest BCUT2D eigenvalue weighted by atomic mass is 10.1. The average Bonchev–Trinajstić information content (AvgIpc) is 2.91. The molecule has 88 valence electrons. The highest BCUT2D eigenvalue weighted by Gasteiger charge is 2.15. The number of hydrogen-bond donors (Lipinski definition) is 1. The Morgan fingerprint density at radius 2 is 2.00 bits per heavy atom. The summed E-state index contributed by atoms with van der Waals surface area (Å²) in [5.41, 5.74) is 1.01. The van der Waals surface area contributed by atoms with Gasteiger partial charge in [0.25, 0.3) is 0 Å². The number of rotatable bonds is 4. The number of carbonyl (C=O) groups is 1. The van der Waals surface area contributed by atoms with Gasteiger partial charge in [0.1, 0.15) is 11.5 Å². The molecule has 0 aliphatic carbocycles. The Hall–Kier alpha value is -2.23. The molecule has 2 aromatic rings. The first kappa shape index (κ1) is 11.3. The molecule has 0 saturated heterocycles. The largest absolute Gasteiger partial charge is 0.497 e. The minimum absolute atomic E-state index is 0.120. The van der Waals surface area contributed by atoms with Crippen LogP contribution in [-0.4, -0.2) is 25.0 Å². The van der Waals surface area contributed by atoms with E-state index in [-0.39, 0.29) is 5.78 Å². The molecule has 2 rings (SSSR count). The molecule has 0 aliphatic heterocycles. The molecule has 1 aromatic heterocycles. The Morgan fingerprint density at radius 3 is 2.59 bits per heavy atom. The molecule has 1 aromatic carbocycles. The second-order valence-electron chi connectivity index (χ2n) is 3.48. The second-order valence-corrected chi connectivity index (χ2v) is 3.48. The number of ketones is 1. The van der Waals surface area contributed by atoms with Crippen molar-refractivity contribution in [2.45, 2.75) is 0 Å². The summed E-state index contributed by atoms with van der Waals surface area (Å²) in [6, 6.07) is 8.64. The first-order chi connectivity index (χ1) is 8.26. The molecule has 0 atom stereocenters. The lowest BCUT2D eigenvalue weighted by Crippen LogP contribution is -2.04. The van der Waals surface area contributed by atoms with Crippen molar-refractivity contribution in [3.05, 3.63) is 47.8 Å². The predicted octanol–water partition coefficient (Wildman–Crippen LogP) is 2.26. The summed E-state index contributed by atoms with van der Waals surface area (Å²) < 4.78 is 10.3. The number of nitrogens with one attached hydrogen (secondary N) is 1. The molecule has 4 nitrogen and oxygen atoms in total. The van der Waals surface area contributed by atoms with Crippen molar-refractivity contribution in [3.63, 3.8) is 0 Å². The van der Waals surface area contributed by atoms with Crippen LogP contribution in [0.4, 0.5) is 0 Å². The van der Waals surface area contributed by atoms with Crippen LogP contribution in [-0.2, 0) is 0 Å². The van der Waals surface area contributed by atoms with E-state index in [9.17, 15) is 4.79 Å². The summed E-state index contributed by atoms with van der Waals surface area (Å²) in [6.45, 7) is 0. The number of benzene rings is 1. The lowest BCUT2D eigenvalue weighted by molar-refractivity contribution is 0.103. The zero-order valence-electron chi connectivity index (χ0n) is 9.69. The van der Waals surface area contributed by atoms with Crippen LogP contribution in [0.2, 0.25) is 0 Å². The molecule has 0 aliphatic rings. The van der Waals surface area contributed by atoms with E-state index in [0.29, 0.717) is 22.8 Å². The maximum atomic E-state index is 12.2. The number of aromatic nitrogens is 1. The third-order valence-corrected chi connectivity index (χ3v) is 2.49. The fraction of sp³-hybridized carbons (Fsp3) is 0.154. The summed E-state index contributed by atoms with van der Waals surface area (Å²) in [7, 11) is 3.10. The van der Waals surface area contributed by atoms with E-state index < -0.39 is 0 Å². The van der Waals surface area contributed by atoms with E-state index in [0.717, 1.165) is 0 Å². The van der Waals surface area contributed by atoms with Gasteiger partial charge in [0, 0.05) is 6.20 Å². The Labute approximate surface area is 99.2 Å². The van der Waals surface area contributed by atoms with Crippen molar-refractivity contribution >= 4 is 5.78 Å². The number of hydrogen-bond acceptors (Lipinski definition) is 3. The molecular formula is C13H13NO3. The molecule has 1 heterocycles. The number of carbonyl (C=O) groups excluding carboxylic acids is 1. The molecular weight excluding hydrogens is 218 g/mol. The third-order valence-electron chi connectivity index (χ3n) is 2.49. The zero-order chi connectivity index (χ0) is 12.3. The van der Waals surface area contributed by atoms with Crippen LogP contribution < -0.4 is 9.47 Å². The van der Waals surface area contributed by atoms with Crippen molar-refractivity contribution < 1.29 is 14.3 Å². The molecule has 0 spiro atoms. The molecule has 1 N–H and O–H groups in total. The van der Waals surface area contributed by atoms with Crippen molar-refractivity contribution in [1.82, 2.24) is 4.98 Å². The van der Waals surface area contributed by atoms with E-state index >= 15 is 0 Å². The van der Waals surface area contributed by atoms with Gasteiger partial charge in [-0.15, -0.1) is 0 Å². The minimum Gasteiger partial charge on any atom is -0.497 e. The van der Waals surface area contributed by atoms with Gasteiger partial charge < -0.3 is 14.5 Å². The average molecular weight is 231 g/mol. The van der Waals surface area contributed by atoms with Crippen LogP contribution in [0.5, 0.6) is 11.5 Å². The van der Waals surface area contributed by atoms with E-state index in [1.165, 1.54) is 7.11 Å². The first-order valence-electron chi connectivity index (χ1n) is 5.16.